The monoisotopic (exact) mass is 340 g/mol. The second-order valence-electron chi connectivity index (χ2n) is 6.32. The summed E-state index contributed by atoms with van der Waals surface area (Å²) in [6.07, 6.45) is 3.94. The summed E-state index contributed by atoms with van der Waals surface area (Å²) in [6, 6.07) is 16.0. The largest absolute Gasteiger partial charge is 0.355 e. The highest BCUT2D eigenvalue weighted by Gasteiger charge is 2.27. The molecule has 2 N–H and O–H groups in total. The van der Waals surface area contributed by atoms with Crippen molar-refractivity contribution >= 4 is 34.2 Å². The molecule has 2 aliphatic heterocycles. The van der Waals surface area contributed by atoms with E-state index in [1.165, 1.54) is 0 Å². The summed E-state index contributed by atoms with van der Waals surface area (Å²) in [5.74, 6) is 1.31. The second kappa shape index (κ2) is 4.86. The van der Waals surface area contributed by atoms with Crippen LogP contribution in [0, 0.1) is 0 Å². The number of hydrogen-bond donors (Lipinski definition) is 2. The van der Waals surface area contributed by atoms with Crippen molar-refractivity contribution in [1.29, 1.82) is 0 Å². The lowest BCUT2D eigenvalue weighted by molar-refractivity contribution is 0.0251. The van der Waals surface area contributed by atoms with Gasteiger partial charge in [0.2, 0.25) is 0 Å². The van der Waals surface area contributed by atoms with Crippen molar-refractivity contribution in [2.75, 3.05) is 0 Å². The van der Waals surface area contributed by atoms with Crippen molar-refractivity contribution < 1.29 is 9.15 Å². The molecule has 26 heavy (non-hydrogen) atoms. The van der Waals surface area contributed by atoms with E-state index in [0.29, 0.717) is 11.5 Å². The molecule has 0 aliphatic carbocycles. The van der Waals surface area contributed by atoms with Gasteiger partial charge in [-0.15, -0.1) is 0 Å². The maximum absolute atomic E-state index is 5.14. The first-order valence-corrected chi connectivity index (χ1v) is 8.26. The van der Waals surface area contributed by atoms with E-state index in [1.54, 1.807) is 0 Å². The van der Waals surface area contributed by atoms with Crippen LogP contribution in [-0.2, 0) is 0 Å². The third-order valence-electron chi connectivity index (χ3n) is 4.46. The van der Waals surface area contributed by atoms with Gasteiger partial charge in [-0.2, -0.15) is 0 Å². The molecule has 4 aromatic rings. The Morgan fingerprint density at radius 1 is 0.577 bits per heavy atom. The van der Waals surface area contributed by atoms with Crippen LogP contribution in [0.4, 0.5) is 0 Å². The Labute approximate surface area is 146 Å². The van der Waals surface area contributed by atoms with E-state index < -0.39 is 0 Å². The second-order valence-corrected chi connectivity index (χ2v) is 6.32. The zero-order valence-corrected chi connectivity index (χ0v) is 13.5. The summed E-state index contributed by atoms with van der Waals surface area (Å²) >= 11 is 0. The SMILES string of the molecule is C1=Cc2cc3ccc(cc4ccc(cc5nc(cc1n2)-c1ooc1-5)[nH]4)[nH]3. The van der Waals surface area contributed by atoms with Crippen LogP contribution >= 0.6 is 0 Å². The molecular formula is C20H12N4O2. The lowest BCUT2D eigenvalue weighted by Crippen LogP contribution is -1.80. The highest BCUT2D eigenvalue weighted by molar-refractivity contribution is 5.81. The molecule has 0 radical (unpaired) electrons. The topological polar surface area (TPSA) is 83.6 Å². The van der Waals surface area contributed by atoms with E-state index in [1.807, 2.05) is 54.6 Å². The Morgan fingerprint density at radius 3 is 1.77 bits per heavy atom. The molecule has 0 fully saturated rings. The summed E-state index contributed by atoms with van der Waals surface area (Å²) < 4.78 is 10.3. The molecule has 0 saturated heterocycles. The molecule has 0 unspecified atom stereocenters. The fourth-order valence-corrected chi connectivity index (χ4v) is 3.24. The van der Waals surface area contributed by atoms with E-state index in [9.17, 15) is 0 Å². The van der Waals surface area contributed by atoms with Crippen LogP contribution in [0.25, 0.3) is 57.1 Å². The van der Waals surface area contributed by atoms with Gasteiger partial charge in [0.05, 0.1) is 11.4 Å². The zero-order valence-electron chi connectivity index (χ0n) is 13.5. The first-order chi connectivity index (χ1) is 12.8. The standard InChI is InChI=1S/C20H12N4O2/c1-2-12-8-14-4-6-16(23-14)10-18-20-19(25-26-20)17(24-18)9-15-5-3-13(22-15)7-11(1)21-12/h1-10,21-22H. The maximum atomic E-state index is 5.14. The number of aromatic nitrogens is 4. The molecule has 0 saturated carbocycles. The third kappa shape index (κ3) is 2.05. The van der Waals surface area contributed by atoms with Crippen molar-refractivity contribution in [3.63, 3.8) is 0 Å². The van der Waals surface area contributed by atoms with Gasteiger partial charge in [-0.1, -0.05) is 0 Å². The fraction of sp³-hybridized carbons (Fsp3) is 0. The molecule has 6 heteroatoms. The smallest absolute Gasteiger partial charge is 0.253 e. The summed E-state index contributed by atoms with van der Waals surface area (Å²) in [5, 5.41) is 0. The summed E-state index contributed by atoms with van der Waals surface area (Å²) in [7, 11) is 0. The molecule has 2 aliphatic rings. The minimum absolute atomic E-state index is 0.654. The van der Waals surface area contributed by atoms with Crippen LogP contribution in [0.5, 0.6) is 0 Å². The number of nitrogens with zero attached hydrogens (tertiary/aromatic N) is 2. The number of hydrogen-bond acceptors (Lipinski definition) is 4. The van der Waals surface area contributed by atoms with E-state index >= 15 is 0 Å². The number of H-pyrrole nitrogens is 2. The maximum Gasteiger partial charge on any atom is 0.253 e. The van der Waals surface area contributed by atoms with Crippen molar-refractivity contribution in [2.45, 2.75) is 0 Å². The minimum Gasteiger partial charge on any atom is -0.355 e. The van der Waals surface area contributed by atoms with E-state index in [-0.39, 0.29) is 0 Å². The predicted octanol–water partition coefficient (Wildman–Crippen LogP) is 5.01. The number of aromatic amines is 2. The molecule has 8 bridgehead atoms. The van der Waals surface area contributed by atoms with Crippen LogP contribution < -0.4 is 0 Å². The van der Waals surface area contributed by atoms with Crippen LogP contribution in [0.2, 0.25) is 0 Å². The number of nitrogens with one attached hydrogen (secondary N) is 2. The van der Waals surface area contributed by atoms with Crippen LogP contribution in [0.15, 0.2) is 57.7 Å². The van der Waals surface area contributed by atoms with Crippen molar-refractivity contribution in [1.82, 2.24) is 19.9 Å². The molecule has 0 spiro atoms. The van der Waals surface area contributed by atoms with Gasteiger partial charge in [0.25, 0.3) is 11.5 Å². The summed E-state index contributed by atoms with van der Waals surface area (Å²) in [5.41, 5.74) is 7.12. The van der Waals surface area contributed by atoms with Crippen molar-refractivity contribution in [3.8, 4) is 22.9 Å². The molecule has 0 aromatic carbocycles. The van der Waals surface area contributed by atoms with Gasteiger partial charge in [0, 0.05) is 22.1 Å². The molecule has 0 atom stereocenters. The van der Waals surface area contributed by atoms with E-state index in [4.69, 9.17) is 9.15 Å². The zero-order chi connectivity index (χ0) is 17.1. The predicted molar refractivity (Wildman–Crippen MR) is 98.9 cm³/mol. The average Bonchev–Trinajstić information content (AvgIpc) is 3.32. The Bertz CT molecular complexity index is 1350. The van der Waals surface area contributed by atoms with Gasteiger partial charge >= 0.3 is 0 Å². The summed E-state index contributed by atoms with van der Waals surface area (Å²) in [4.78, 5) is 16.0. The van der Waals surface area contributed by atoms with Crippen LogP contribution in [0.3, 0.4) is 0 Å². The number of fused-ring (bicyclic) bond motifs is 11. The lowest BCUT2D eigenvalue weighted by Gasteiger charge is -1.96. The molecule has 4 aromatic heterocycles. The quantitative estimate of drug-likeness (QED) is 0.381. The molecule has 0 amide bonds. The molecule has 6 rings (SSSR count). The van der Waals surface area contributed by atoms with E-state index in [2.05, 4.69) is 26.0 Å². The highest BCUT2D eigenvalue weighted by atomic mass is 17.0. The van der Waals surface area contributed by atoms with Crippen LogP contribution in [-0.4, -0.2) is 19.9 Å². The number of rotatable bonds is 0. The highest BCUT2D eigenvalue weighted by Crippen LogP contribution is 2.39. The first kappa shape index (κ1) is 13.5. The molecule has 6 nitrogen and oxygen atoms in total. The van der Waals surface area contributed by atoms with Gasteiger partial charge in [0.15, 0.2) is 0 Å². The molecular weight excluding hydrogens is 328 g/mol. The lowest BCUT2D eigenvalue weighted by atomic mass is 10.2. The van der Waals surface area contributed by atoms with Crippen molar-refractivity contribution in [2.24, 2.45) is 0 Å². The normalized spacial score (nSPS) is 12.5. The van der Waals surface area contributed by atoms with Crippen molar-refractivity contribution in [3.05, 3.63) is 59.9 Å². The Morgan fingerprint density at radius 2 is 1.12 bits per heavy atom. The molecule has 6 heterocycles. The van der Waals surface area contributed by atoms with Crippen LogP contribution in [0.1, 0.15) is 11.4 Å². The van der Waals surface area contributed by atoms with Gasteiger partial charge in [0.1, 0.15) is 11.4 Å². The Kier molecular flexibility index (Phi) is 2.52. The van der Waals surface area contributed by atoms with Gasteiger partial charge in [-0.25, -0.2) is 9.97 Å². The molecule has 124 valence electrons. The average molecular weight is 340 g/mol. The minimum atomic E-state index is 0.654. The van der Waals surface area contributed by atoms with E-state index in [0.717, 1.165) is 44.8 Å². The van der Waals surface area contributed by atoms with Gasteiger partial charge < -0.3 is 9.97 Å². The Balaban J connectivity index is 1.72. The van der Waals surface area contributed by atoms with Gasteiger partial charge in [-0.05, 0) is 60.7 Å². The third-order valence-corrected chi connectivity index (χ3v) is 4.46. The first-order valence-electron chi connectivity index (χ1n) is 8.26. The van der Waals surface area contributed by atoms with Gasteiger partial charge in [-0.3, -0.25) is 9.15 Å². The summed E-state index contributed by atoms with van der Waals surface area (Å²) in [6.45, 7) is 0. The fourth-order valence-electron chi connectivity index (χ4n) is 3.24. The Hall–Kier alpha value is -3.80.